The molecule has 1 aliphatic rings. The van der Waals surface area contributed by atoms with E-state index < -0.39 is 66.5 Å². The van der Waals surface area contributed by atoms with Gasteiger partial charge in [0.2, 0.25) is 18.0 Å². The molecule has 228 valence electrons. The van der Waals surface area contributed by atoms with Gasteiger partial charge in [0.05, 0.1) is 28.8 Å². The number of alkyl halides is 6. The van der Waals surface area contributed by atoms with E-state index in [-0.39, 0.29) is 22.6 Å². The number of amides is 3. The highest BCUT2D eigenvalue weighted by molar-refractivity contribution is 6.11. The van der Waals surface area contributed by atoms with Crippen LogP contribution in [0.25, 0.3) is 0 Å². The summed E-state index contributed by atoms with van der Waals surface area (Å²) in [5, 5.41) is 5.89. The molecule has 9 nitrogen and oxygen atoms in total. The Kier molecular flexibility index (Phi) is 8.64. The lowest BCUT2D eigenvalue weighted by molar-refractivity contribution is -0.144. The number of hydrogen-bond acceptors (Lipinski definition) is 6. The first-order valence-corrected chi connectivity index (χ1v) is 12.8. The van der Waals surface area contributed by atoms with Crippen molar-refractivity contribution in [3.8, 4) is 0 Å². The molecule has 0 aliphatic carbocycles. The smallest absolute Gasteiger partial charge is 0.369 e. The van der Waals surface area contributed by atoms with Crippen LogP contribution in [0.15, 0.2) is 58.2 Å². The quantitative estimate of drug-likeness (QED) is 0.344. The van der Waals surface area contributed by atoms with Crippen molar-refractivity contribution >= 4 is 35.3 Å². The van der Waals surface area contributed by atoms with E-state index in [0.29, 0.717) is 11.1 Å². The average molecular weight is 610 g/mol. The van der Waals surface area contributed by atoms with Crippen molar-refractivity contribution < 1.29 is 45.2 Å². The molecule has 1 aliphatic heterocycles. The molecule has 1 unspecified atom stereocenters. The Hall–Kier alpha value is -4.69. The first-order valence-electron chi connectivity index (χ1n) is 12.8. The summed E-state index contributed by atoms with van der Waals surface area (Å²) in [6.07, 6.45) is -11.4. The van der Waals surface area contributed by atoms with Crippen LogP contribution >= 0.6 is 0 Å². The van der Waals surface area contributed by atoms with Crippen molar-refractivity contribution in [3.63, 3.8) is 0 Å². The van der Waals surface area contributed by atoms with Crippen LogP contribution in [0.2, 0.25) is 0 Å². The lowest BCUT2D eigenvalue weighted by Gasteiger charge is -2.29. The number of halogens is 6. The lowest BCUT2D eigenvalue weighted by Crippen LogP contribution is -2.49. The highest BCUT2D eigenvalue weighted by atomic mass is 19.4. The average Bonchev–Trinajstić information content (AvgIpc) is 3.27. The van der Waals surface area contributed by atoms with Gasteiger partial charge >= 0.3 is 12.4 Å². The number of nitrogens with one attached hydrogen (secondary N) is 1. The van der Waals surface area contributed by atoms with Crippen LogP contribution in [0.3, 0.4) is 0 Å². The van der Waals surface area contributed by atoms with Crippen molar-refractivity contribution in [1.82, 2.24) is 10.5 Å². The Balaban J connectivity index is 1.76. The van der Waals surface area contributed by atoms with Crippen LogP contribution in [0, 0.1) is 19.8 Å². The standard InChI is InChI=1S/C28H25F6N5O4/c1-14-5-3-6-16-12-36-24(26(42)39(22(14)16)18-8-4-7-17(11-18)28(32,33)34)37-25(41)19(9-10-27(29,30)31)21(23(35)40)20-13-43-38-15(20)2/h3-8,11-13,19,21,24H,9-10H2,1-2H3,(H2,35,40)(H,37,41)/t19-,21-,24?/m1/s1. The van der Waals surface area contributed by atoms with Crippen LogP contribution in [-0.2, 0) is 20.6 Å². The van der Waals surface area contributed by atoms with Crippen molar-refractivity contribution in [3.05, 3.63) is 76.7 Å². The van der Waals surface area contributed by atoms with Crippen LogP contribution in [0.4, 0.5) is 37.7 Å². The Morgan fingerprint density at radius 2 is 1.79 bits per heavy atom. The summed E-state index contributed by atoms with van der Waals surface area (Å²) < 4.78 is 85.2. The Labute approximate surface area is 240 Å². The second-order valence-corrected chi connectivity index (χ2v) is 9.92. The number of nitrogens with two attached hydrogens (primary N) is 1. The number of anilines is 2. The van der Waals surface area contributed by atoms with E-state index in [1.807, 2.05) is 0 Å². The minimum Gasteiger partial charge on any atom is -0.369 e. The van der Waals surface area contributed by atoms with Gasteiger partial charge in [0.1, 0.15) is 6.26 Å². The number of benzene rings is 2. The maximum absolute atomic E-state index is 13.9. The summed E-state index contributed by atoms with van der Waals surface area (Å²) in [7, 11) is 0. The number of aromatic nitrogens is 1. The Bertz CT molecular complexity index is 1570. The van der Waals surface area contributed by atoms with E-state index in [2.05, 4.69) is 15.5 Å². The van der Waals surface area contributed by atoms with Gasteiger partial charge in [0, 0.05) is 29.4 Å². The molecule has 43 heavy (non-hydrogen) atoms. The molecule has 0 fully saturated rings. The summed E-state index contributed by atoms with van der Waals surface area (Å²) in [5.74, 6) is -6.66. The van der Waals surface area contributed by atoms with E-state index in [1.54, 1.807) is 25.1 Å². The van der Waals surface area contributed by atoms with Crippen molar-refractivity contribution in [2.24, 2.45) is 16.6 Å². The number of fused-ring (bicyclic) bond motifs is 1. The Morgan fingerprint density at radius 1 is 1.09 bits per heavy atom. The maximum atomic E-state index is 13.9. The molecule has 0 bridgehead atoms. The molecule has 2 heterocycles. The van der Waals surface area contributed by atoms with Gasteiger partial charge in [-0.05, 0) is 44.0 Å². The zero-order valence-corrected chi connectivity index (χ0v) is 22.7. The fraction of sp³-hybridized carbons (Fsp3) is 0.321. The van der Waals surface area contributed by atoms with Crippen LogP contribution < -0.4 is 16.0 Å². The van der Waals surface area contributed by atoms with E-state index in [4.69, 9.17) is 10.3 Å². The first kappa shape index (κ1) is 31.3. The molecule has 0 saturated heterocycles. The van der Waals surface area contributed by atoms with Crippen LogP contribution in [0.5, 0.6) is 0 Å². The minimum absolute atomic E-state index is 0.0147. The topological polar surface area (TPSA) is 131 Å². The molecule has 0 radical (unpaired) electrons. The molecule has 0 saturated carbocycles. The molecule has 15 heteroatoms. The van der Waals surface area contributed by atoms with Gasteiger partial charge in [-0.2, -0.15) is 26.3 Å². The number of hydrogen-bond donors (Lipinski definition) is 2. The van der Waals surface area contributed by atoms with Crippen molar-refractivity contribution in [2.75, 3.05) is 4.90 Å². The number of carbonyl (C=O) groups is 3. The predicted molar refractivity (Wildman–Crippen MR) is 141 cm³/mol. The summed E-state index contributed by atoms with van der Waals surface area (Å²) >= 11 is 0. The maximum Gasteiger partial charge on any atom is 0.416 e. The largest absolute Gasteiger partial charge is 0.416 e. The highest BCUT2D eigenvalue weighted by Crippen LogP contribution is 2.38. The molecule has 1 aromatic heterocycles. The first-order chi connectivity index (χ1) is 20.1. The van der Waals surface area contributed by atoms with Gasteiger partial charge in [-0.1, -0.05) is 29.4 Å². The molecular formula is C28H25F6N5O4. The van der Waals surface area contributed by atoms with Crippen molar-refractivity contribution in [2.45, 2.75) is 51.1 Å². The van der Waals surface area contributed by atoms with Gasteiger partial charge < -0.3 is 15.6 Å². The van der Waals surface area contributed by atoms with Gasteiger partial charge in [-0.25, -0.2) is 0 Å². The third kappa shape index (κ3) is 6.87. The zero-order valence-electron chi connectivity index (χ0n) is 22.7. The number of primary amides is 1. The lowest BCUT2D eigenvalue weighted by atomic mass is 9.82. The highest BCUT2D eigenvalue weighted by Gasteiger charge is 2.41. The summed E-state index contributed by atoms with van der Waals surface area (Å²) in [6, 6.07) is 8.73. The van der Waals surface area contributed by atoms with E-state index >= 15 is 0 Å². The predicted octanol–water partition coefficient (Wildman–Crippen LogP) is 5.08. The third-order valence-corrected chi connectivity index (χ3v) is 6.93. The molecule has 3 amide bonds. The third-order valence-electron chi connectivity index (χ3n) is 6.93. The second-order valence-electron chi connectivity index (χ2n) is 9.92. The molecule has 0 spiro atoms. The number of rotatable bonds is 8. The van der Waals surface area contributed by atoms with Crippen LogP contribution in [0.1, 0.15) is 46.7 Å². The van der Waals surface area contributed by atoms with Gasteiger partial charge in [-0.15, -0.1) is 0 Å². The van der Waals surface area contributed by atoms with Gasteiger partial charge in [-0.3, -0.25) is 24.3 Å². The van der Waals surface area contributed by atoms with Crippen molar-refractivity contribution in [1.29, 1.82) is 0 Å². The number of aliphatic imine (C=N–C) groups is 1. The minimum atomic E-state index is -4.74. The summed E-state index contributed by atoms with van der Waals surface area (Å²) in [4.78, 5) is 45.0. The molecule has 4 rings (SSSR count). The monoisotopic (exact) mass is 609 g/mol. The zero-order chi connectivity index (χ0) is 31.7. The second kappa shape index (κ2) is 11.9. The number of benzodiazepines with no additional fused rings is 1. The van der Waals surface area contributed by atoms with E-state index in [9.17, 15) is 40.7 Å². The normalized spacial score (nSPS) is 16.8. The molecular weight excluding hydrogens is 584 g/mol. The molecule has 2 aromatic carbocycles. The number of carbonyl (C=O) groups excluding carboxylic acids is 3. The fourth-order valence-corrected chi connectivity index (χ4v) is 4.90. The number of nitrogens with zero attached hydrogens (tertiary/aromatic N) is 3. The number of aryl methyl sites for hydroxylation is 2. The van der Waals surface area contributed by atoms with E-state index in [1.165, 1.54) is 19.2 Å². The molecule has 3 aromatic rings. The molecule has 3 atom stereocenters. The summed E-state index contributed by atoms with van der Waals surface area (Å²) in [5.41, 5.74) is 5.38. The Morgan fingerprint density at radius 3 is 2.40 bits per heavy atom. The van der Waals surface area contributed by atoms with Gasteiger partial charge in [0.15, 0.2) is 0 Å². The van der Waals surface area contributed by atoms with E-state index in [0.717, 1.165) is 29.4 Å². The fourth-order valence-electron chi connectivity index (χ4n) is 4.90. The van der Waals surface area contributed by atoms with Gasteiger partial charge in [0.25, 0.3) is 5.91 Å². The SMILES string of the molecule is Cc1cccc2c1N(c1cccc(C(F)(F)F)c1)C(=O)C(NC(=O)[C@H](CCC(F)(F)F)[C@@H](C(N)=O)c1conc1C)N=C2. The molecule has 3 N–H and O–H groups in total. The summed E-state index contributed by atoms with van der Waals surface area (Å²) in [6.45, 7) is 3.02. The van der Waals surface area contributed by atoms with Crippen LogP contribution in [-0.4, -0.2) is 41.4 Å². The number of para-hydroxylation sites is 1.